The summed E-state index contributed by atoms with van der Waals surface area (Å²) in [5.74, 6) is 1.65. The van der Waals surface area contributed by atoms with Crippen molar-refractivity contribution >= 4 is 5.96 Å². The van der Waals surface area contributed by atoms with Gasteiger partial charge in [0.1, 0.15) is 12.4 Å². The van der Waals surface area contributed by atoms with E-state index in [1.807, 2.05) is 17.6 Å². The first kappa shape index (κ1) is 23.9. The number of unbranched alkanes of at least 4 members (excludes halogenated alkanes) is 1. The minimum Gasteiger partial charge on any atom is -0.491 e. The topological polar surface area (TPSA) is 76.9 Å². The van der Waals surface area contributed by atoms with Gasteiger partial charge in [-0.15, -0.1) is 0 Å². The molecule has 0 aliphatic carbocycles. The van der Waals surface area contributed by atoms with Crippen molar-refractivity contribution in [3.8, 4) is 5.75 Å². The number of hydrogen-bond donors (Lipinski definition) is 2. The summed E-state index contributed by atoms with van der Waals surface area (Å²) in [5.41, 5.74) is 3.33. The Labute approximate surface area is 190 Å². The SMILES string of the molecule is CN=C(NCCCCn1c(C)cccc1=O)NCc1ccc(C)cc1OCC1CCCO1. The molecule has 1 aliphatic heterocycles. The number of aryl methyl sites for hydroxylation is 2. The average molecular weight is 441 g/mol. The van der Waals surface area contributed by atoms with Crippen LogP contribution in [0.25, 0.3) is 0 Å². The Hall–Kier alpha value is -2.80. The molecule has 2 N–H and O–H groups in total. The van der Waals surface area contributed by atoms with E-state index in [1.54, 1.807) is 19.2 Å². The lowest BCUT2D eigenvalue weighted by atomic mass is 10.1. The van der Waals surface area contributed by atoms with E-state index in [4.69, 9.17) is 9.47 Å². The molecule has 7 heteroatoms. The minimum absolute atomic E-state index is 0.0612. The number of guanidine groups is 1. The van der Waals surface area contributed by atoms with E-state index in [1.165, 1.54) is 5.56 Å². The molecule has 2 aromatic rings. The van der Waals surface area contributed by atoms with Gasteiger partial charge in [-0.25, -0.2) is 0 Å². The summed E-state index contributed by atoms with van der Waals surface area (Å²) in [4.78, 5) is 16.3. The predicted octanol–water partition coefficient (Wildman–Crippen LogP) is 3.17. The van der Waals surface area contributed by atoms with E-state index in [0.29, 0.717) is 13.2 Å². The quantitative estimate of drug-likeness (QED) is 0.337. The lowest BCUT2D eigenvalue weighted by Crippen LogP contribution is -2.37. The van der Waals surface area contributed by atoms with Gasteiger partial charge in [0.15, 0.2) is 5.96 Å². The van der Waals surface area contributed by atoms with Gasteiger partial charge in [-0.05, 0) is 57.2 Å². The summed E-state index contributed by atoms with van der Waals surface area (Å²) in [7, 11) is 1.77. The first-order valence-electron chi connectivity index (χ1n) is 11.5. The second-order valence-electron chi connectivity index (χ2n) is 8.27. The van der Waals surface area contributed by atoms with Crippen molar-refractivity contribution in [1.29, 1.82) is 0 Å². The van der Waals surface area contributed by atoms with Crippen LogP contribution >= 0.6 is 0 Å². The molecular formula is C25H36N4O3. The van der Waals surface area contributed by atoms with Crippen molar-refractivity contribution in [2.75, 3.05) is 26.8 Å². The predicted molar refractivity (Wildman–Crippen MR) is 129 cm³/mol. The summed E-state index contributed by atoms with van der Waals surface area (Å²) in [6.07, 6.45) is 4.24. The van der Waals surface area contributed by atoms with Crippen molar-refractivity contribution < 1.29 is 9.47 Å². The number of rotatable bonds is 10. The van der Waals surface area contributed by atoms with Gasteiger partial charge in [-0.2, -0.15) is 0 Å². The molecule has 2 heterocycles. The molecule has 3 rings (SSSR count). The molecular weight excluding hydrogens is 404 g/mol. The van der Waals surface area contributed by atoms with Crippen LogP contribution in [0.3, 0.4) is 0 Å². The van der Waals surface area contributed by atoms with Crippen molar-refractivity contribution in [2.24, 2.45) is 4.99 Å². The lowest BCUT2D eigenvalue weighted by molar-refractivity contribution is 0.0676. The highest BCUT2D eigenvalue weighted by atomic mass is 16.5. The molecule has 0 radical (unpaired) electrons. The van der Waals surface area contributed by atoms with Crippen LogP contribution in [0.5, 0.6) is 5.75 Å². The molecule has 7 nitrogen and oxygen atoms in total. The van der Waals surface area contributed by atoms with E-state index in [2.05, 4.69) is 40.7 Å². The van der Waals surface area contributed by atoms with E-state index >= 15 is 0 Å². The number of hydrogen-bond acceptors (Lipinski definition) is 4. The van der Waals surface area contributed by atoms with Crippen LogP contribution in [-0.4, -0.2) is 43.4 Å². The summed E-state index contributed by atoms with van der Waals surface area (Å²) in [6.45, 7) is 7.61. The smallest absolute Gasteiger partial charge is 0.250 e. The number of nitrogens with one attached hydrogen (secondary N) is 2. The van der Waals surface area contributed by atoms with Crippen molar-refractivity contribution in [3.05, 3.63) is 63.6 Å². The van der Waals surface area contributed by atoms with Crippen LogP contribution in [0, 0.1) is 13.8 Å². The maximum atomic E-state index is 11.9. The maximum Gasteiger partial charge on any atom is 0.250 e. The monoisotopic (exact) mass is 440 g/mol. The average Bonchev–Trinajstić information content (AvgIpc) is 3.30. The molecule has 1 saturated heterocycles. The second kappa shape index (κ2) is 12.3. The largest absolute Gasteiger partial charge is 0.491 e. The highest BCUT2D eigenvalue weighted by Gasteiger charge is 2.17. The van der Waals surface area contributed by atoms with Crippen LogP contribution in [-0.2, 0) is 17.8 Å². The van der Waals surface area contributed by atoms with Gasteiger partial charge in [-0.1, -0.05) is 18.2 Å². The van der Waals surface area contributed by atoms with Gasteiger partial charge in [0.05, 0.1) is 6.10 Å². The molecule has 1 atom stereocenters. The summed E-state index contributed by atoms with van der Waals surface area (Å²) in [5, 5.41) is 6.73. The molecule has 174 valence electrons. The van der Waals surface area contributed by atoms with Crippen LogP contribution in [0.15, 0.2) is 46.2 Å². The molecule has 1 aliphatic rings. The zero-order chi connectivity index (χ0) is 22.8. The normalized spacial score (nSPS) is 16.2. The molecule has 0 spiro atoms. The van der Waals surface area contributed by atoms with Crippen LogP contribution in [0.1, 0.15) is 42.5 Å². The molecule has 1 aromatic carbocycles. The molecule has 32 heavy (non-hydrogen) atoms. The summed E-state index contributed by atoms with van der Waals surface area (Å²) in [6, 6.07) is 11.7. The van der Waals surface area contributed by atoms with Gasteiger partial charge in [0.25, 0.3) is 5.56 Å². The molecule has 1 unspecified atom stereocenters. The Morgan fingerprint density at radius 1 is 1.22 bits per heavy atom. The summed E-state index contributed by atoms with van der Waals surface area (Å²) < 4.78 is 13.6. The third kappa shape index (κ3) is 7.12. The first-order valence-corrected chi connectivity index (χ1v) is 11.5. The number of ether oxygens (including phenoxy) is 2. The number of nitrogens with zero attached hydrogens (tertiary/aromatic N) is 2. The van der Waals surface area contributed by atoms with Gasteiger partial charge in [-0.3, -0.25) is 9.79 Å². The Bertz CT molecular complexity index is 948. The molecule has 0 saturated carbocycles. The fraction of sp³-hybridized carbons (Fsp3) is 0.520. The van der Waals surface area contributed by atoms with Gasteiger partial charge in [0.2, 0.25) is 0 Å². The fourth-order valence-electron chi connectivity index (χ4n) is 3.81. The van der Waals surface area contributed by atoms with Crippen molar-refractivity contribution in [3.63, 3.8) is 0 Å². The van der Waals surface area contributed by atoms with E-state index in [-0.39, 0.29) is 11.7 Å². The Kier molecular flexibility index (Phi) is 9.16. The zero-order valence-corrected chi connectivity index (χ0v) is 19.5. The Balaban J connectivity index is 1.43. The van der Waals surface area contributed by atoms with Gasteiger partial charge < -0.3 is 24.7 Å². The van der Waals surface area contributed by atoms with E-state index < -0.39 is 0 Å². The Morgan fingerprint density at radius 2 is 2.09 bits per heavy atom. The van der Waals surface area contributed by atoms with Crippen LogP contribution < -0.4 is 20.9 Å². The standard InChI is InChI=1S/C25H36N4O3/c1-19-11-12-21(23(16-19)32-18-22-9-7-15-31-22)17-28-25(26-3)27-13-4-5-14-29-20(2)8-6-10-24(29)30/h6,8,10-12,16,22H,4-5,7,9,13-15,17-18H2,1-3H3,(H2,26,27,28). The molecule has 1 fully saturated rings. The molecule has 1 aromatic heterocycles. The maximum absolute atomic E-state index is 11.9. The third-order valence-electron chi connectivity index (χ3n) is 5.71. The van der Waals surface area contributed by atoms with E-state index in [9.17, 15) is 4.79 Å². The minimum atomic E-state index is 0.0612. The molecule has 0 amide bonds. The van der Waals surface area contributed by atoms with Gasteiger partial charge >= 0.3 is 0 Å². The third-order valence-corrected chi connectivity index (χ3v) is 5.71. The lowest BCUT2D eigenvalue weighted by Gasteiger charge is -2.17. The highest BCUT2D eigenvalue weighted by molar-refractivity contribution is 5.79. The zero-order valence-electron chi connectivity index (χ0n) is 19.5. The highest BCUT2D eigenvalue weighted by Crippen LogP contribution is 2.22. The number of pyridine rings is 1. The number of aromatic nitrogens is 1. The second-order valence-corrected chi connectivity index (χ2v) is 8.27. The summed E-state index contributed by atoms with van der Waals surface area (Å²) >= 11 is 0. The van der Waals surface area contributed by atoms with Crippen molar-refractivity contribution in [2.45, 2.75) is 58.7 Å². The van der Waals surface area contributed by atoms with Crippen molar-refractivity contribution in [1.82, 2.24) is 15.2 Å². The van der Waals surface area contributed by atoms with Gasteiger partial charge in [0, 0.05) is 50.6 Å². The molecule has 0 bridgehead atoms. The Morgan fingerprint density at radius 3 is 2.84 bits per heavy atom. The van der Waals surface area contributed by atoms with Crippen LogP contribution in [0.2, 0.25) is 0 Å². The fourth-order valence-corrected chi connectivity index (χ4v) is 3.81. The number of aliphatic imine (C=N–C) groups is 1. The van der Waals surface area contributed by atoms with E-state index in [0.717, 1.165) is 68.3 Å². The van der Waals surface area contributed by atoms with Crippen LogP contribution in [0.4, 0.5) is 0 Å². The number of benzene rings is 1. The first-order chi connectivity index (χ1) is 15.6.